The molecule has 14 nitrogen and oxygen atoms in total. The van der Waals surface area contributed by atoms with E-state index in [0.717, 1.165) is 64.2 Å². The van der Waals surface area contributed by atoms with Crippen LogP contribution in [0.2, 0.25) is 0 Å². The maximum atomic E-state index is 13.3. The van der Waals surface area contributed by atoms with Crippen LogP contribution in [0.1, 0.15) is 104 Å². The van der Waals surface area contributed by atoms with Crippen LogP contribution in [0, 0.1) is 0 Å². The highest BCUT2D eigenvalue weighted by atomic mass is 31.2. The molecule has 0 spiro atoms. The highest BCUT2D eigenvalue weighted by Gasteiger charge is 2.27. The summed E-state index contributed by atoms with van der Waals surface area (Å²) in [6, 6.07) is 0. The first kappa shape index (κ1) is 41.4. The summed E-state index contributed by atoms with van der Waals surface area (Å²) in [5.74, 6) is -0.870. The molecule has 0 aromatic heterocycles. The zero-order valence-corrected chi connectivity index (χ0v) is 28.2. The van der Waals surface area contributed by atoms with E-state index < -0.39 is 26.0 Å². The quantitative estimate of drug-likeness (QED) is 0.0259. The minimum absolute atomic E-state index is 0.239. The Morgan fingerprint density at radius 1 is 0.591 bits per heavy atom. The molecular weight excluding hydrogens is 597 g/mol. The van der Waals surface area contributed by atoms with E-state index in [1.807, 2.05) is 6.92 Å². The summed E-state index contributed by atoms with van der Waals surface area (Å²) in [6.45, 7) is 5.32. The van der Waals surface area contributed by atoms with E-state index in [1.54, 1.807) is 0 Å². The van der Waals surface area contributed by atoms with Crippen LogP contribution in [0.15, 0.2) is 4.76 Å². The third kappa shape index (κ3) is 24.8. The molecule has 0 aromatic rings. The highest BCUT2D eigenvalue weighted by molar-refractivity contribution is 7.52. The topological polar surface area (TPSA) is 175 Å². The minimum Gasteiger partial charge on any atom is -0.464 e. The number of nitrogens with zero attached hydrogens (tertiary/aromatic N) is 2. The first-order valence-electron chi connectivity index (χ1n) is 15.9. The number of hydrogen-bond acceptors (Lipinski definition) is 11. The molecule has 258 valence electrons. The molecule has 0 heterocycles. The molecule has 0 fully saturated rings. The molecule has 0 saturated carbocycles. The van der Waals surface area contributed by atoms with Crippen molar-refractivity contribution < 1.29 is 51.7 Å². The Balaban J connectivity index is 4.75. The normalized spacial score (nSPS) is 11.6. The standard InChI is InChI=1S/C29H56N3O11P/c1-5-8-10-12-14-16-19-38-28(34)40-21-23-42-44(36,31-27(30)32(4)25-26(33)37-18-7-3)43-24-22-41-29(35)39-20-17-15-13-11-9-6-2/h5-25H2,1-4H3,(H2,30,31,36). The lowest BCUT2D eigenvalue weighted by Crippen LogP contribution is -2.38. The second kappa shape index (κ2) is 27.9. The van der Waals surface area contributed by atoms with Gasteiger partial charge in [-0.2, -0.15) is 0 Å². The number of carbonyl (C=O) groups is 3. The van der Waals surface area contributed by atoms with E-state index >= 15 is 0 Å². The Labute approximate surface area is 263 Å². The van der Waals surface area contributed by atoms with Gasteiger partial charge in [-0.15, -0.1) is 4.76 Å². The van der Waals surface area contributed by atoms with E-state index in [2.05, 4.69) is 18.6 Å². The number of likely N-dealkylation sites (N-methyl/N-ethyl adjacent to an activating group) is 1. The first-order valence-corrected chi connectivity index (χ1v) is 17.4. The van der Waals surface area contributed by atoms with Crippen LogP contribution in [-0.2, 0) is 42.1 Å². The number of unbranched alkanes of at least 4 members (excludes halogenated alkanes) is 10. The third-order valence-electron chi connectivity index (χ3n) is 6.00. The number of rotatable bonds is 27. The molecule has 0 amide bonds. The Bertz CT molecular complexity index is 803. The Morgan fingerprint density at radius 3 is 1.48 bits per heavy atom. The molecule has 0 aromatic carbocycles. The van der Waals surface area contributed by atoms with Crippen LogP contribution in [-0.4, -0.2) is 89.0 Å². The average molecular weight is 654 g/mol. The molecule has 0 aliphatic carbocycles. The second-order valence-corrected chi connectivity index (χ2v) is 11.8. The average Bonchev–Trinajstić information content (AvgIpc) is 2.99. The van der Waals surface area contributed by atoms with Crippen molar-refractivity contribution in [1.82, 2.24) is 4.90 Å². The lowest BCUT2D eigenvalue weighted by atomic mass is 10.1. The number of guanidine groups is 1. The van der Waals surface area contributed by atoms with E-state index in [4.69, 9.17) is 38.5 Å². The van der Waals surface area contributed by atoms with Crippen molar-refractivity contribution in [1.29, 1.82) is 0 Å². The maximum Gasteiger partial charge on any atom is 0.508 e. The fourth-order valence-electron chi connectivity index (χ4n) is 3.55. The lowest BCUT2D eigenvalue weighted by molar-refractivity contribution is -0.143. The van der Waals surface area contributed by atoms with E-state index in [-0.39, 0.29) is 58.8 Å². The number of ether oxygens (including phenoxy) is 5. The molecular formula is C29H56N3O11P. The van der Waals surface area contributed by atoms with Gasteiger partial charge in [0.15, 0.2) is 0 Å². The second-order valence-electron chi connectivity index (χ2n) is 10.1. The van der Waals surface area contributed by atoms with Crippen molar-refractivity contribution in [3.63, 3.8) is 0 Å². The Hall–Kier alpha value is -2.57. The lowest BCUT2D eigenvalue weighted by Gasteiger charge is -2.20. The van der Waals surface area contributed by atoms with Crippen molar-refractivity contribution in [2.24, 2.45) is 10.5 Å². The summed E-state index contributed by atoms with van der Waals surface area (Å²) in [5.41, 5.74) is 5.92. The number of nitrogens with two attached hydrogens (primary N) is 1. The van der Waals surface area contributed by atoms with Gasteiger partial charge in [-0.3, -0.25) is 13.8 Å². The van der Waals surface area contributed by atoms with Crippen LogP contribution in [0.3, 0.4) is 0 Å². The number of esters is 1. The summed E-state index contributed by atoms with van der Waals surface area (Å²) in [6.07, 6.45) is 11.5. The summed E-state index contributed by atoms with van der Waals surface area (Å²) in [4.78, 5) is 36.8. The molecule has 0 unspecified atom stereocenters. The Morgan fingerprint density at radius 2 is 1.02 bits per heavy atom. The molecule has 2 N–H and O–H groups in total. The zero-order valence-electron chi connectivity index (χ0n) is 27.3. The van der Waals surface area contributed by atoms with E-state index in [0.29, 0.717) is 6.42 Å². The summed E-state index contributed by atoms with van der Waals surface area (Å²) in [5, 5.41) is 0. The predicted molar refractivity (Wildman–Crippen MR) is 166 cm³/mol. The molecule has 0 aliphatic rings. The van der Waals surface area contributed by atoms with Crippen LogP contribution in [0.4, 0.5) is 9.59 Å². The van der Waals surface area contributed by atoms with Gasteiger partial charge in [-0.25, -0.2) is 14.2 Å². The molecule has 0 saturated heterocycles. The van der Waals surface area contributed by atoms with Gasteiger partial charge in [0.05, 0.1) is 33.0 Å². The van der Waals surface area contributed by atoms with Gasteiger partial charge in [0.2, 0.25) is 5.96 Å². The van der Waals surface area contributed by atoms with Gasteiger partial charge >= 0.3 is 26.0 Å². The SMILES string of the molecule is CCCCCCCCOC(=O)OCCOP(=O)(/N=C(\N)N(C)CC(=O)OCCC)OCCOC(=O)OCCCCCCCC. The van der Waals surface area contributed by atoms with Gasteiger partial charge in [0, 0.05) is 7.05 Å². The van der Waals surface area contributed by atoms with Crippen LogP contribution in [0.25, 0.3) is 0 Å². The smallest absolute Gasteiger partial charge is 0.464 e. The molecule has 0 radical (unpaired) electrons. The maximum absolute atomic E-state index is 13.3. The monoisotopic (exact) mass is 653 g/mol. The van der Waals surface area contributed by atoms with Gasteiger partial charge in [0.1, 0.15) is 19.8 Å². The van der Waals surface area contributed by atoms with E-state index in [1.165, 1.54) is 24.8 Å². The molecule has 0 aliphatic heterocycles. The van der Waals surface area contributed by atoms with Crippen LogP contribution < -0.4 is 5.73 Å². The predicted octanol–water partition coefficient (Wildman–Crippen LogP) is 6.35. The molecule has 0 atom stereocenters. The van der Waals surface area contributed by atoms with Gasteiger partial charge < -0.3 is 34.3 Å². The highest BCUT2D eigenvalue weighted by Crippen LogP contribution is 2.49. The molecule has 0 bridgehead atoms. The fraction of sp³-hybridized carbons (Fsp3) is 0.862. The van der Waals surface area contributed by atoms with Gasteiger partial charge in [-0.1, -0.05) is 85.0 Å². The van der Waals surface area contributed by atoms with Crippen molar-refractivity contribution in [3.8, 4) is 0 Å². The molecule has 0 rings (SSSR count). The Kier molecular flexibility index (Phi) is 26.3. The third-order valence-corrected chi connectivity index (χ3v) is 7.47. The zero-order chi connectivity index (χ0) is 32.9. The number of hydrogen-bond donors (Lipinski definition) is 1. The van der Waals surface area contributed by atoms with Gasteiger partial charge in [0.25, 0.3) is 0 Å². The van der Waals surface area contributed by atoms with Crippen molar-refractivity contribution >= 4 is 32.0 Å². The minimum atomic E-state index is -4.29. The van der Waals surface area contributed by atoms with Crippen LogP contribution >= 0.6 is 7.75 Å². The van der Waals surface area contributed by atoms with Gasteiger partial charge in [-0.05, 0) is 19.3 Å². The van der Waals surface area contributed by atoms with Crippen molar-refractivity contribution in [3.05, 3.63) is 0 Å². The van der Waals surface area contributed by atoms with Crippen molar-refractivity contribution in [2.45, 2.75) is 104 Å². The number of carbonyl (C=O) groups excluding carboxylic acids is 3. The molecule has 44 heavy (non-hydrogen) atoms. The summed E-state index contributed by atoms with van der Waals surface area (Å²) in [7, 11) is -2.84. The largest absolute Gasteiger partial charge is 0.508 e. The molecule has 15 heteroatoms. The summed E-state index contributed by atoms with van der Waals surface area (Å²) < 4.78 is 52.7. The van der Waals surface area contributed by atoms with Crippen LogP contribution in [0.5, 0.6) is 0 Å². The fourth-order valence-corrected chi connectivity index (χ4v) is 4.75. The van der Waals surface area contributed by atoms with E-state index in [9.17, 15) is 18.9 Å². The van der Waals surface area contributed by atoms with Crippen molar-refractivity contribution in [2.75, 3.05) is 59.8 Å². The first-order chi connectivity index (χ1) is 21.2. The summed E-state index contributed by atoms with van der Waals surface area (Å²) >= 11 is 0.